The van der Waals surface area contributed by atoms with Crippen molar-refractivity contribution in [1.29, 1.82) is 0 Å². The molecule has 0 radical (unpaired) electrons. The highest BCUT2D eigenvalue weighted by atomic mass is 32.1. The summed E-state index contributed by atoms with van der Waals surface area (Å²) in [5.41, 5.74) is 4.01. The van der Waals surface area contributed by atoms with Gasteiger partial charge in [0.05, 0.1) is 0 Å². The largest absolute Gasteiger partial charge is 0.368 e. The number of alkyl halides is 1. The molecule has 5 nitrogen and oxygen atoms in total. The molecule has 0 aliphatic heterocycles. The Balaban J connectivity index is 2.05. The molecule has 0 aliphatic carbocycles. The number of hydrogen-bond acceptors (Lipinski definition) is 6. The van der Waals surface area contributed by atoms with Gasteiger partial charge in [0.2, 0.25) is 11.9 Å². The van der Waals surface area contributed by atoms with Crippen LogP contribution in [0.3, 0.4) is 0 Å². The van der Waals surface area contributed by atoms with E-state index in [4.69, 9.17) is 5.73 Å². The van der Waals surface area contributed by atoms with Gasteiger partial charge in [-0.05, 0) is 44.6 Å². The van der Waals surface area contributed by atoms with Crippen molar-refractivity contribution in [2.75, 3.05) is 11.1 Å². The summed E-state index contributed by atoms with van der Waals surface area (Å²) in [6.45, 7) is 4.90. The molecule has 0 saturated heterocycles. The Kier molecular flexibility index (Phi) is 5.28. The number of nitrogens with one attached hydrogen (secondary N) is 1. The maximum Gasteiger partial charge on any atom is 0.228 e. The summed E-state index contributed by atoms with van der Waals surface area (Å²) in [7, 11) is 0. The molecular weight excluding hydrogens is 301 g/mol. The first kappa shape index (κ1) is 16.6. The standard InChI is InChI=1S/C15H22FN5S/c1-4-10(7-8-11-6-5-9-22-11)18-14-20-12(15(2,3)16)19-13(17)21-14/h5-6,9-10H,4,7-8H2,1-3H3,(H3,17,18,19,20,21). The van der Waals surface area contributed by atoms with Crippen molar-refractivity contribution in [2.24, 2.45) is 0 Å². The van der Waals surface area contributed by atoms with Crippen LogP contribution in [0.4, 0.5) is 16.3 Å². The Morgan fingerprint density at radius 1 is 1.36 bits per heavy atom. The molecule has 0 bridgehead atoms. The number of nitrogens with two attached hydrogens (primary N) is 1. The van der Waals surface area contributed by atoms with Crippen LogP contribution >= 0.6 is 11.3 Å². The van der Waals surface area contributed by atoms with Crippen LogP contribution in [-0.4, -0.2) is 21.0 Å². The van der Waals surface area contributed by atoms with E-state index in [0.29, 0.717) is 5.95 Å². The van der Waals surface area contributed by atoms with E-state index in [0.717, 1.165) is 19.3 Å². The highest BCUT2D eigenvalue weighted by Crippen LogP contribution is 2.22. The molecule has 3 N–H and O–H groups in total. The minimum atomic E-state index is -1.65. The first-order chi connectivity index (χ1) is 10.4. The van der Waals surface area contributed by atoms with Crippen molar-refractivity contribution in [2.45, 2.75) is 51.7 Å². The van der Waals surface area contributed by atoms with Crippen molar-refractivity contribution in [3.8, 4) is 0 Å². The fourth-order valence-electron chi connectivity index (χ4n) is 2.05. The second-order valence-corrected chi connectivity index (χ2v) is 6.71. The first-order valence-electron chi connectivity index (χ1n) is 7.38. The molecule has 0 aliphatic rings. The van der Waals surface area contributed by atoms with E-state index >= 15 is 0 Å². The van der Waals surface area contributed by atoms with Crippen LogP contribution in [0.5, 0.6) is 0 Å². The summed E-state index contributed by atoms with van der Waals surface area (Å²) in [5.74, 6) is 0.424. The van der Waals surface area contributed by atoms with Gasteiger partial charge >= 0.3 is 0 Å². The number of nitrogens with zero attached hydrogens (tertiary/aromatic N) is 3. The molecule has 1 unspecified atom stereocenters. The number of thiophene rings is 1. The SMILES string of the molecule is CCC(CCc1cccs1)Nc1nc(N)nc(C(C)(C)F)n1. The van der Waals surface area contributed by atoms with Gasteiger partial charge in [0, 0.05) is 10.9 Å². The van der Waals surface area contributed by atoms with Gasteiger partial charge < -0.3 is 11.1 Å². The summed E-state index contributed by atoms with van der Waals surface area (Å²) < 4.78 is 14.0. The average Bonchev–Trinajstić information content (AvgIpc) is 2.95. The monoisotopic (exact) mass is 323 g/mol. The zero-order valence-corrected chi connectivity index (χ0v) is 14.0. The van der Waals surface area contributed by atoms with Gasteiger partial charge in [-0.25, -0.2) is 4.39 Å². The summed E-state index contributed by atoms with van der Waals surface area (Å²) in [6, 6.07) is 4.39. The summed E-state index contributed by atoms with van der Waals surface area (Å²) in [4.78, 5) is 13.4. The molecule has 2 heterocycles. The zero-order chi connectivity index (χ0) is 16.2. The van der Waals surface area contributed by atoms with Crippen LogP contribution in [0.25, 0.3) is 0 Å². The number of nitrogen functional groups attached to an aromatic ring is 1. The van der Waals surface area contributed by atoms with Crippen LogP contribution in [-0.2, 0) is 12.1 Å². The average molecular weight is 323 g/mol. The minimum absolute atomic E-state index is 0.0336. The van der Waals surface area contributed by atoms with Crippen LogP contribution in [0.1, 0.15) is 44.3 Å². The molecule has 0 amide bonds. The van der Waals surface area contributed by atoms with Gasteiger partial charge in [-0.3, -0.25) is 0 Å². The van der Waals surface area contributed by atoms with Crippen molar-refractivity contribution >= 4 is 23.2 Å². The molecule has 0 spiro atoms. The fraction of sp³-hybridized carbons (Fsp3) is 0.533. The molecule has 2 aromatic heterocycles. The lowest BCUT2D eigenvalue weighted by atomic mass is 10.1. The Morgan fingerprint density at radius 3 is 2.73 bits per heavy atom. The van der Waals surface area contributed by atoms with Crippen molar-refractivity contribution < 1.29 is 4.39 Å². The third-order valence-electron chi connectivity index (χ3n) is 3.33. The number of aryl methyl sites for hydroxylation is 1. The Morgan fingerprint density at radius 2 is 2.14 bits per heavy atom. The highest BCUT2D eigenvalue weighted by molar-refractivity contribution is 7.09. The maximum atomic E-state index is 14.0. The lowest BCUT2D eigenvalue weighted by molar-refractivity contribution is 0.206. The van der Waals surface area contributed by atoms with E-state index in [9.17, 15) is 4.39 Å². The van der Waals surface area contributed by atoms with E-state index < -0.39 is 5.67 Å². The number of anilines is 2. The maximum absolute atomic E-state index is 14.0. The molecule has 0 aromatic carbocycles. The normalized spacial score (nSPS) is 13.1. The molecule has 7 heteroatoms. The second kappa shape index (κ2) is 7.00. The molecule has 1 atom stereocenters. The van der Waals surface area contributed by atoms with Gasteiger partial charge in [0.15, 0.2) is 11.5 Å². The molecule has 120 valence electrons. The summed E-state index contributed by atoms with van der Waals surface area (Å²) in [5, 5.41) is 5.32. The van der Waals surface area contributed by atoms with E-state index in [1.807, 2.05) is 0 Å². The third kappa shape index (κ3) is 4.62. The molecular formula is C15H22FN5S. The van der Waals surface area contributed by atoms with Gasteiger partial charge in [0.1, 0.15) is 0 Å². The number of hydrogen-bond donors (Lipinski definition) is 2. The Hall–Kier alpha value is -1.76. The minimum Gasteiger partial charge on any atom is -0.368 e. The van der Waals surface area contributed by atoms with Crippen LogP contribution in [0, 0.1) is 0 Å². The Bertz CT molecular complexity index is 594. The highest BCUT2D eigenvalue weighted by Gasteiger charge is 2.24. The van der Waals surface area contributed by atoms with Crippen molar-refractivity contribution in [3.63, 3.8) is 0 Å². The summed E-state index contributed by atoms with van der Waals surface area (Å²) >= 11 is 1.75. The second-order valence-electron chi connectivity index (χ2n) is 5.68. The third-order valence-corrected chi connectivity index (χ3v) is 4.27. The fourth-order valence-corrected chi connectivity index (χ4v) is 2.78. The van der Waals surface area contributed by atoms with Gasteiger partial charge in [-0.1, -0.05) is 13.0 Å². The smallest absolute Gasteiger partial charge is 0.228 e. The van der Waals surface area contributed by atoms with Gasteiger partial charge in [0.25, 0.3) is 0 Å². The number of aromatic nitrogens is 3. The van der Waals surface area contributed by atoms with Gasteiger partial charge in [-0.15, -0.1) is 11.3 Å². The number of halogens is 1. The van der Waals surface area contributed by atoms with E-state index in [-0.39, 0.29) is 17.8 Å². The van der Waals surface area contributed by atoms with E-state index in [1.54, 1.807) is 11.3 Å². The lowest BCUT2D eigenvalue weighted by Gasteiger charge is -2.18. The molecule has 0 saturated carbocycles. The number of rotatable bonds is 7. The summed E-state index contributed by atoms with van der Waals surface area (Å²) in [6.07, 6.45) is 2.87. The molecule has 22 heavy (non-hydrogen) atoms. The van der Waals surface area contributed by atoms with Crippen LogP contribution in [0.2, 0.25) is 0 Å². The predicted octanol–water partition coefficient (Wildman–Crippen LogP) is 3.54. The topological polar surface area (TPSA) is 76.7 Å². The Labute approximate surface area is 134 Å². The predicted molar refractivity (Wildman–Crippen MR) is 88.7 cm³/mol. The van der Waals surface area contributed by atoms with E-state index in [2.05, 4.69) is 44.7 Å². The molecule has 2 aromatic rings. The van der Waals surface area contributed by atoms with Crippen molar-refractivity contribution in [3.05, 3.63) is 28.2 Å². The van der Waals surface area contributed by atoms with Crippen LogP contribution < -0.4 is 11.1 Å². The molecule has 0 fully saturated rings. The first-order valence-corrected chi connectivity index (χ1v) is 8.26. The van der Waals surface area contributed by atoms with Crippen molar-refractivity contribution in [1.82, 2.24) is 15.0 Å². The molecule has 2 rings (SSSR count). The quantitative estimate of drug-likeness (QED) is 0.815. The zero-order valence-electron chi connectivity index (χ0n) is 13.1. The lowest BCUT2D eigenvalue weighted by Crippen LogP contribution is -2.24. The van der Waals surface area contributed by atoms with Crippen LogP contribution in [0.15, 0.2) is 17.5 Å². The van der Waals surface area contributed by atoms with E-state index in [1.165, 1.54) is 18.7 Å². The van der Waals surface area contributed by atoms with Gasteiger partial charge in [-0.2, -0.15) is 15.0 Å².